The van der Waals surface area contributed by atoms with Crippen LogP contribution in [0.4, 0.5) is 0 Å². The Morgan fingerprint density at radius 1 is 1.47 bits per heavy atom. The minimum atomic E-state index is 0.752. The monoisotopic (exact) mass is 251 g/mol. The van der Waals surface area contributed by atoms with E-state index < -0.39 is 0 Å². The van der Waals surface area contributed by atoms with Crippen LogP contribution in [0.3, 0.4) is 0 Å². The normalized spacial score (nSPS) is 10.9. The fraction of sp³-hybridized carbons (Fsp3) is 0.417. The van der Waals surface area contributed by atoms with Crippen LogP contribution >= 0.6 is 11.3 Å². The number of methoxy groups -OCH3 is 1. The first-order chi connectivity index (χ1) is 8.42. The Hall–Kier alpha value is -1.17. The first-order valence-corrected chi connectivity index (χ1v) is 6.53. The molecule has 0 spiro atoms. The topological polar surface area (TPSA) is 39.1 Å². The van der Waals surface area contributed by atoms with Crippen molar-refractivity contribution in [2.75, 3.05) is 26.8 Å². The van der Waals surface area contributed by atoms with Gasteiger partial charge in [0.2, 0.25) is 0 Å². The van der Waals surface area contributed by atoms with E-state index in [0.29, 0.717) is 0 Å². The molecule has 0 amide bonds. The summed E-state index contributed by atoms with van der Waals surface area (Å²) in [4.78, 5) is 5.47. The van der Waals surface area contributed by atoms with Crippen LogP contribution in [0.2, 0.25) is 0 Å². The van der Waals surface area contributed by atoms with Crippen molar-refractivity contribution in [1.82, 2.24) is 14.9 Å². The maximum Gasteiger partial charge on any atom is 0.0951 e. The Morgan fingerprint density at radius 3 is 3.18 bits per heavy atom. The Morgan fingerprint density at radius 2 is 2.41 bits per heavy atom. The Labute approximate surface area is 105 Å². The van der Waals surface area contributed by atoms with E-state index in [1.165, 1.54) is 10.6 Å². The minimum Gasteiger partial charge on any atom is -0.383 e. The van der Waals surface area contributed by atoms with E-state index in [4.69, 9.17) is 4.74 Å². The standard InChI is InChI=1S/C12H17N3OS/c1-16-7-5-13-4-6-15-10-14-9-11(15)12-3-2-8-17-12/h2-3,8-10,13H,4-7H2,1H3. The highest BCUT2D eigenvalue weighted by Crippen LogP contribution is 2.23. The quantitative estimate of drug-likeness (QED) is 0.763. The van der Waals surface area contributed by atoms with Crippen LogP contribution in [0.15, 0.2) is 30.0 Å². The summed E-state index contributed by atoms with van der Waals surface area (Å²) in [5, 5.41) is 5.41. The third kappa shape index (κ3) is 3.39. The van der Waals surface area contributed by atoms with E-state index in [1.54, 1.807) is 18.4 Å². The van der Waals surface area contributed by atoms with Crippen LogP contribution in [-0.2, 0) is 11.3 Å². The van der Waals surface area contributed by atoms with Gasteiger partial charge in [-0.15, -0.1) is 11.3 Å². The number of imidazole rings is 1. The second-order valence-electron chi connectivity index (χ2n) is 3.69. The Kier molecular flexibility index (Phi) is 4.73. The molecule has 0 saturated heterocycles. The van der Waals surface area contributed by atoms with E-state index in [-0.39, 0.29) is 0 Å². The molecule has 0 radical (unpaired) electrons. The number of thiophene rings is 1. The van der Waals surface area contributed by atoms with Gasteiger partial charge in [0.1, 0.15) is 0 Å². The first kappa shape index (κ1) is 12.3. The van der Waals surface area contributed by atoms with Crippen molar-refractivity contribution in [3.63, 3.8) is 0 Å². The van der Waals surface area contributed by atoms with Crippen LogP contribution in [0.25, 0.3) is 10.6 Å². The maximum atomic E-state index is 4.98. The van der Waals surface area contributed by atoms with Crippen molar-refractivity contribution >= 4 is 11.3 Å². The molecule has 0 aliphatic heterocycles. The summed E-state index contributed by atoms with van der Waals surface area (Å²) in [6.45, 7) is 3.50. The smallest absolute Gasteiger partial charge is 0.0951 e. The third-order valence-corrected chi connectivity index (χ3v) is 3.39. The average molecular weight is 251 g/mol. The molecule has 92 valence electrons. The van der Waals surface area contributed by atoms with Crippen LogP contribution in [-0.4, -0.2) is 36.4 Å². The van der Waals surface area contributed by atoms with Gasteiger partial charge in [0.15, 0.2) is 0 Å². The van der Waals surface area contributed by atoms with Crippen LogP contribution < -0.4 is 5.32 Å². The second-order valence-corrected chi connectivity index (χ2v) is 4.64. The van der Waals surface area contributed by atoms with Crippen molar-refractivity contribution in [3.8, 4) is 10.6 Å². The predicted octanol–water partition coefficient (Wildman–Crippen LogP) is 1.85. The number of aromatic nitrogens is 2. The molecule has 0 atom stereocenters. The number of hydrogen-bond donors (Lipinski definition) is 1. The zero-order valence-corrected chi connectivity index (χ0v) is 10.7. The summed E-state index contributed by atoms with van der Waals surface area (Å²) in [5.74, 6) is 0. The number of ether oxygens (including phenoxy) is 1. The molecule has 5 heteroatoms. The SMILES string of the molecule is COCCNCCn1cncc1-c1cccs1. The molecule has 0 unspecified atom stereocenters. The van der Waals surface area contributed by atoms with Crippen molar-refractivity contribution in [3.05, 3.63) is 30.0 Å². The van der Waals surface area contributed by atoms with E-state index in [0.717, 1.165) is 26.2 Å². The lowest BCUT2D eigenvalue weighted by atomic mass is 10.3. The van der Waals surface area contributed by atoms with Crippen molar-refractivity contribution in [1.29, 1.82) is 0 Å². The number of rotatable bonds is 7. The summed E-state index contributed by atoms with van der Waals surface area (Å²) in [6.07, 6.45) is 3.80. The number of nitrogens with one attached hydrogen (secondary N) is 1. The third-order valence-electron chi connectivity index (χ3n) is 2.50. The highest BCUT2D eigenvalue weighted by atomic mass is 32.1. The Balaban J connectivity index is 1.87. The highest BCUT2D eigenvalue weighted by molar-refractivity contribution is 7.13. The fourth-order valence-corrected chi connectivity index (χ4v) is 2.38. The Bertz CT molecular complexity index is 425. The fourth-order valence-electron chi connectivity index (χ4n) is 1.63. The van der Waals surface area contributed by atoms with Gasteiger partial charge in [-0.1, -0.05) is 6.07 Å². The number of hydrogen-bond acceptors (Lipinski definition) is 4. The molecule has 0 fully saturated rings. The lowest BCUT2D eigenvalue weighted by Gasteiger charge is -2.07. The van der Waals surface area contributed by atoms with Gasteiger partial charge in [-0.2, -0.15) is 0 Å². The van der Waals surface area contributed by atoms with Crippen molar-refractivity contribution < 1.29 is 4.74 Å². The lowest BCUT2D eigenvalue weighted by Crippen LogP contribution is -2.23. The molecule has 1 N–H and O–H groups in total. The van der Waals surface area contributed by atoms with Crippen molar-refractivity contribution in [2.24, 2.45) is 0 Å². The van der Waals surface area contributed by atoms with Crippen LogP contribution in [0.1, 0.15) is 0 Å². The summed E-state index contributed by atoms with van der Waals surface area (Å²) in [6, 6.07) is 4.19. The van der Waals surface area contributed by atoms with E-state index in [9.17, 15) is 0 Å². The minimum absolute atomic E-state index is 0.752. The molecule has 2 aromatic heterocycles. The first-order valence-electron chi connectivity index (χ1n) is 5.65. The summed E-state index contributed by atoms with van der Waals surface area (Å²) < 4.78 is 7.15. The molecule has 2 heterocycles. The maximum absolute atomic E-state index is 4.98. The summed E-state index contributed by atoms with van der Waals surface area (Å²) >= 11 is 1.74. The molecule has 0 aliphatic carbocycles. The molecule has 4 nitrogen and oxygen atoms in total. The van der Waals surface area contributed by atoms with Gasteiger partial charge < -0.3 is 14.6 Å². The van der Waals surface area contributed by atoms with E-state index in [2.05, 4.69) is 32.4 Å². The highest BCUT2D eigenvalue weighted by Gasteiger charge is 2.04. The predicted molar refractivity (Wildman–Crippen MR) is 70.3 cm³/mol. The molecular weight excluding hydrogens is 234 g/mol. The molecule has 0 aliphatic rings. The zero-order valence-electron chi connectivity index (χ0n) is 9.93. The molecule has 0 saturated carbocycles. The summed E-state index contributed by atoms with van der Waals surface area (Å²) in [5.41, 5.74) is 1.19. The molecule has 0 aromatic carbocycles. The summed E-state index contributed by atoms with van der Waals surface area (Å²) in [7, 11) is 1.71. The second kappa shape index (κ2) is 6.54. The van der Waals surface area contributed by atoms with Gasteiger partial charge in [0, 0.05) is 26.7 Å². The molecule has 0 bridgehead atoms. The van der Waals surface area contributed by atoms with Gasteiger partial charge in [0.05, 0.1) is 29.7 Å². The van der Waals surface area contributed by atoms with Crippen LogP contribution in [0, 0.1) is 0 Å². The molecule has 2 aromatic rings. The lowest BCUT2D eigenvalue weighted by molar-refractivity contribution is 0.199. The van der Waals surface area contributed by atoms with Gasteiger partial charge >= 0.3 is 0 Å². The van der Waals surface area contributed by atoms with Gasteiger partial charge in [-0.3, -0.25) is 0 Å². The zero-order chi connectivity index (χ0) is 11.9. The average Bonchev–Trinajstić information content (AvgIpc) is 2.98. The molecule has 2 rings (SSSR count). The largest absolute Gasteiger partial charge is 0.383 e. The van der Waals surface area contributed by atoms with Crippen molar-refractivity contribution in [2.45, 2.75) is 6.54 Å². The molecular formula is C12H17N3OS. The van der Waals surface area contributed by atoms with Crippen LogP contribution in [0.5, 0.6) is 0 Å². The number of nitrogens with zero attached hydrogens (tertiary/aromatic N) is 2. The van der Waals surface area contributed by atoms with E-state index >= 15 is 0 Å². The van der Waals surface area contributed by atoms with E-state index in [1.807, 2.05) is 12.5 Å². The van der Waals surface area contributed by atoms with Gasteiger partial charge in [0.25, 0.3) is 0 Å². The molecule has 17 heavy (non-hydrogen) atoms. The van der Waals surface area contributed by atoms with Gasteiger partial charge in [-0.05, 0) is 11.4 Å². The van der Waals surface area contributed by atoms with Gasteiger partial charge in [-0.25, -0.2) is 4.98 Å².